The molecule has 0 amide bonds. The molecule has 3 fully saturated rings. The first-order valence-corrected chi connectivity index (χ1v) is 8.61. The average Bonchev–Trinajstić information content (AvgIpc) is 2.48. The summed E-state index contributed by atoms with van der Waals surface area (Å²) in [7, 11) is 0. The number of Topliss-reactive ketones (excluding diaryl/α,β-unsaturated/α-hetero) is 1. The highest BCUT2D eigenvalue weighted by Crippen LogP contribution is 2.33. The molecule has 0 spiro atoms. The van der Waals surface area contributed by atoms with Crippen molar-refractivity contribution < 1.29 is 4.79 Å². The minimum absolute atomic E-state index is 0.196. The lowest BCUT2D eigenvalue weighted by Gasteiger charge is -2.40. The highest BCUT2D eigenvalue weighted by Gasteiger charge is 2.34. The maximum Gasteiger partial charge on any atom is 0.150 e. The summed E-state index contributed by atoms with van der Waals surface area (Å²) in [6.07, 6.45) is 15.4. The van der Waals surface area contributed by atoms with Gasteiger partial charge in [0.2, 0.25) is 0 Å². The van der Waals surface area contributed by atoms with Crippen LogP contribution in [-0.2, 0) is 4.79 Å². The van der Waals surface area contributed by atoms with Crippen molar-refractivity contribution in [1.29, 1.82) is 0 Å². The molecule has 19 heavy (non-hydrogen) atoms. The maximum absolute atomic E-state index is 12.5. The van der Waals surface area contributed by atoms with Gasteiger partial charge in [-0.25, -0.2) is 0 Å². The number of nitrogens with one attached hydrogen (secondary N) is 1. The van der Waals surface area contributed by atoms with Gasteiger partial charge >= 0.3 is 0 Å². The van der Waals surface area contributed by atoms with Crippen molar-refractivity contribution >= 4 is 5.78 Å². The summed E-state index contributed by atoms with van der Waals surface area (Å²) >= 11 is 0. The standard InChI is InChI=1S/C17H29NO/c19-17(12-13-6-2-1-3-7-13)16-11-10-14-8-4-5-9-15(14)18-16/h13-16,18H,1-12H2. The second-order valence-corrected chi connectivity index (χ2v) is 7.12. The summed E-state index contributed by atoms with van der Waals surface area (Å²) < 4.78 is 0. The molecule has 2 heteroatoms. The number of hydrogen-bond donors (Lipinski definition) is 1. The molecule has 1 aliphatic heterocycles. The molecule has 108 valence electrons. The van der Waals surface area contributed by atoms with Crippen molar-refractivity contribution in [2.75, 3.05) is 0 Å². The fraction of sp³-hybridized carbons (Fsp3) is 0.941. The molecule has 3 unspecified atom stereocenters. The summed E-state index contributed by atoms with van der Waals surface area (Å²) in [5, 5.41) is 3.70. The van der Waals surface area contributed by atoms with E-state index in [0.717, 1.165) is 18.8 Å². The maximum atomic E-state index is 12.5. The van der Waals surface area contributed by atoms with E-state index in [0.29, 0.717) is 17.7 Å². The molecule has 0 radical (unpaired) electrons. The lowest BCUT2D eigenvalue weighted by atomic mass is 9.76. The third kappa shape index (κ3) is 3.39. The van der Waals surface area contributed by atoms with E-state index >= 15 is 0 Å². The largest absolute Gasteiger partial charge is 0.304 e. The van der Waals surface area contributed by atoms with E-state index in [-0.39, 0.29) is 6.04 Å². The van der Waals surface area contributed by atoms with E-state index in [4.69, 9.17) is 0 Å². The van der Waals surface area contributed by atoms with Crippen LogP contribution in [0.4, 0.5) is 0 Å². The van der Waals surface area contributed by atoms with Crippen LogP contribution in [0.5, 0.6) is 0 Å². The molecule has 3 rings (SSSR count). The van der Waals surface area contributed by atoms with Gasteiger partial charge in [0.15, 0.2) is 0 Å². The molecule has 0 aromatic carbocycles. The summed E-state index contributed by atoms with van der Waals surface area (Å²) in [4.78, 5) is 12.5. The first-order chi connectivity index (χ1) is 9.33. The number of carbonyl (C=O) groups is 1. The molecular formula is C17H29NO. The monoisotopic (exact) mass is 263 g/mol. The molecule has 2 nitrogen and oxygen atoms in total. The van der Waals surface area contributed by atoms with Gasteiger partial charge in [0, 0.05) is 12.5 Å². The third-order valence-corrected chi connectivity index (χ3v) is 5.75. The highest BCUT2D eigenvalue weighted by atomic mass is 16.1. The Morgan fingerprint density at radius 1 is 0.842 bits per heavy atom. The highest BCUT2D eigenvalue weighted by molar-refractivity contribution is 5.84. The van der Waals surface area contributed by atoms with Crippen LogP contribution in [-0.4, -0.2) is 17.9 Å². The van der Waals surface area contributed by atoms with E-state index in [9.17, 15) is 4.79 Å². The first kappa shape index (κ1) is 13.6. The van der Waals surface area contributed by atoms with Gasteiger partial charge in [-0.3, -0.25) is 4.79 Å². The van der Waals surface area contributed by atoms with E-state index in [1.54, 1.807) is 0 Å². The van der Waals surface area contributed by atoms with Gasteiger partial charge in [0.1, 0.15) is 5.78 Å². The van der Waals surface area contributed by atoms with Crippen LogP contribution in [0, 0.1) is 11.8 Å². The minimum atomic E-state index is 0.196. The Labute approximate surface area is 117 Å². The smallest absolute Gasteiger partial charge is 0.150 e. The van der Waals surface area contributed by atoms with Gasteiger partial charge in [-0.15, -0.1) is 0 Å². The SMILES string of the molecule is O=C(CC1CCCCC1)C1CCC2CCCCC2N1. The fourth-order valence-electron chi connectivity index (χ4n) is 4.57. The van der Waals surface area contributed by atoms with Gasteiger partial charge in [-0.2, -0.15) is 0 Å². The van der Waals surface area contributed by atoms with Crippen LogP contribution in [0.3, 0.4) is 0 Å². The number of fused-ring (bicyclic) bond motifs is 1. The second kappa shape index (κ2) is 6.39. The van der Waals surface area contributed by atoms with E-state index in [1.807, 2.05) is 0 Å². The van der Waals surface area contributed by atoms with Gasteiger partial charge in [0.05, 0.1) is 6.04 Å². The van der Waals surface area contributed by atoms with Gasteiger partial charge in [-0.1, -0.05) is 44.9 Å². The van der Waals surface area contributed by atoms with Crippen LogP contribution in [0.25, 0.3) is 0 Å². The van der Waals surface area contributed by atoms with E-state index in [1.165, 1.54) is 64.2 Å². The van der Waals surface area contributed by atoms with Gasteiger partial charge in [-0.05, 0) is 37.5 Å². The minimum Gasteiger partial charge on any atom is -0.304 e. The zero-order chi connectivity index (χ0) is 13.1. The number of carbonyl (C=O) groups excluding carboxylic acids is 1. The summed E-state index contributed by atoms with van der Waals surface area (Å²) in [6.45, 7) is 0. The number of ketones is 1. The van der Waals surface area contributed by atoms with Crippen molar-refractivity contribution in [2.45, 2.75) is 89.1 Å². The quantitative estimate of drug-likeness (QED) is 0.838. The molecule has 0 aromatic rings. The topological polar surface area (TPSA) is 29.1 Å². The Kier molecular flexibility index (Phi) is 4.57. The zero-order valence-electron chi connectivity index (χ0n) is 12.2. The molecule has 1 saturated heterocycles. The second-order valence-electron chi connectivity index (χ2n) is 7.12. The van der Waals surface area contributed by atoms with Crippen molar-refractivity contribution in [3.05, 3.63) is 0 Å². The average molecular weight is 263 g/mol. The molecule has 2 aliphatic carbocycles. The normalized spacial score (nSPS) is 36.7. The Bertz CT molecular complexity index is 308. The predicted octanol–water partition coefficient (Wildman–Crippen LogP) is 3.84. The van der Waals surface area contributed by atoms with E-state index in [2.05, 4.69) is 5.32 Å². The lowest BCUT2D eigenvalue weighted by molar-refractivity contribution is -0.123. The van der Waals surface area contributed by atoms with Crippen molar-refractivity contribution in [1.82, 2.24) is 5.32 Å². The first-order valence-electron chi connectivity index (χ1n) is 8.61. The number of piperidine rings is 1. The molecule has 0 aromatic heterocycles. The van der Waals surface area contributed by atoms with Crippen LogP contribution >= 0.6 is 0 Å². The molecular weight excluding hydrogens is 234 g/mol. The molecule has 2 saturated carbocycles. The van der Waals surface area contributed by atoms with Gasteiger partial charge < -0.3 is 5.32 Å². The van der Waals surface area contributed by atoms with Crippen LogP contribution in [0.15, 0.2) is 0 Å². The van der Waals surface area contributed by atoms with Crippen LogP contribution in [0.1, 0.15) is 77.0 Å². The Morgan fingerprint density at radius 2 is 1.58 bits per heavy atom. The number of rotatable bonds is 3. The zero-order valence-corrected chi connectivity index (χ0v) is 12.2. The fourth-order valence-corrected chi connectivity index (χ4v) is 4.57. The van der Waals surface area contributed by atoms with Crippen LogP contribution in [0.2, 0.25) is 0 Å². The van der Waals surface area contributed by atoms with Crippen molar-refractivity contribution in [2.24, 2.45) is 11.8 Å². The van der Waals surface area contributed by atoms with Crippen LogP contribution < -0.4 is 5.32 Å². The Morgan fingerprint density at radius 3 is 2.42 bits per heavy atom. The van der Waals surface area contributed by atoms with Gasteiger partial charge in [0.25, 0.3) is 0 Å². The summed E-state index contributed by atoms with van der Waals surface area (Å²) in [5.74, 6) is 2.09. The number of hydrogen-bond acceptors (Lipinski definition) is 2. The molecule has 1 N–H and O–H groups in total. The Hall–Kier alpha value is -0.370. The van der Waals surface area contributed by atoms with E-state index < -0.39 is 0 Å². The summed E-state index contributed by atoms with van der Waals surface area (Å²) in [6, 6.07) is 0.851. The predicted molar refractivity (Wildman–Crippen MR) is 78.1 cm³/mol. The molecule has 1 heterocycles. The molecule has 0 bridgehead atoms. The van der Waals surface area contributed by atoms with Crippen molar-refractivity contribution in [3.8, 4) is 0 Å². The molecule has 3 aliphatic rings. The third-order valence-electron chi connectivity index (χ3n) is 5.75. The molecule has 3 atom stereocenters. The summed E-state index contributed by atoms with van der Waals surface area (Å²) in [5.41, 5.74) is 0. The Balaban J connectivity index is 1.49. The lowest BCUT2D eigenvalue weighted by Crippen LogP contribution is -2.52. The van der Waals surface area contributed by atoms with Crippen molar-refractivity contribution in [3.63, 3.8) is 0 Å².